The van der Waals surface area contributed by atoms with Gasteiger partial charge in [0.25, 0.3) is 0 Å². The number of halogens is 1. The van der Waals surface area contributed by atoms with E-state index in [4.69, 9.17) is 9.72 Å². The second kappa shape index (κ2) is 12.5. The number of ether oxygens (including phenoxy) is 1. The first-order chi connectivity index (χ1) is 19.5. The van der Waals surface area contributed by atoms with E-state index in [9.17, 15) is 9.59 Å². The van der Waals surface area contributed by atoms with Crippen LogP contribution in [-0.2, 0) is 11.3 Å². The highest BCUT2D eigenvalue weighted by atomic mass is 79.9. The molecule has 4 rings (SSSR count). The highest BCUT2D eigenvalue weighted by molar-refractivity contribution is 9.10. The Morgan fingerprint density at radius 3 is 2.55 bits per heavy atom. The summed E-state index contributed by atoms with van der Waals surface area (Å²) in [5.74, 6) is 0.443. The van der Waals surface area contributed by atoms with Gasteiger partial charge >= 0.3 is 6.09 Å². The number of pyridine rings is 2. The summed E-state index contributed by atoms with van der Waals surface area (Å²) in [6.45, 7) is 18.2. The van der Waals surface area contributed by atoms with Gasteiger partial charge in [-0.05, 0) is 81.4 Å². The first-order valence-electron chi connectivity index (χ1n) is 14.7. The molecule has 228 valence electrons. The van der Waals surface area contributed by atoms with Crippen LogP contribution in [0.5, 0.6) is 0 Å². The minimum absolute atomic E-state index is 0.152. The second-order valence-corrected chi connectivity index (χ2v) is 19.2. The van der Waals surface area contributed by atoms with Crippen LogP contribution in [0, 0.1) is 11.8 Å². The van der Waals surface area contributed by atoms with Gasteiger partial charge in [-0.15, -0.1) is 0 Å². The van der Waals surface area contributed by atoms with Crippen molar-refractivity contribution in [2.75, 3.05) is 23.3 Å². The lowest BCUT2D eigenvalue weighted by Crippen LogP contribution is -2.58. The average molecular weight is 657 g/mol. The van der Waals surface area contributed by atoms with E-state index >= 15 is 0 Å². The summed E-state index contributed by atoms with van der Waals surface area (Å²) < 4.78 is 6.67. The van der Waals surface area contributed by atoms with Gasteiger partial charge in [0.2, 0.25) is 0 Å². The first-order valence-corrected chi connectivity index (χ1v) is 18.5. The van der Waals surface area contributed by atoms with Crippen molar-refractivity contribution in [2.45, 2.75) is 84.3 Å². The molecular weight excluding hydrogens is 610 g/mol. The Hall–Kier alpha value is -2.69. The van der Waals surface area contributed by atoms with Gasteiger partial charge in [0.05, 0.1) is 41.4 Å². The average Bonchev–Trinajstić information content (AvgIpc) is 2.87. The summed E-state index contributed by atoms with van der Waals surface area (Å²) in [6, 6.07) is 12.1. The summed E-state index contributed by atoms with van der Waals surface area (Å²) in [6.07, 6.45) is 4.07. The molecule has 2 aromatic heterocycles. The normalized spacial score (nSPS) is 20.0. The molecule has 10 heteroatoms. The van der Waals surface area contributed by atoms with Gasteiger partial charge in [0.15, 0.2) is 8.32 Å². The lowest BCUT2D eigenvalue weighted by molar-refractivity contribution is 0.0457. The van der Waals surface area contributed by atoms with Gasteiger partial charge in [-0.2, -0.15) is 0 Å². The van der Waals surface area contributed by atoms with E-state index in [0.29, 0.717) is 13.1 Å². The summed E-state index contributed by atoms with van der Waals surface area (Å²) in [7, 11) is -2.44. The zero-order chi connectivity index (χ0) is 30.9. The fourth-order valence-corrected chi connectivity index (χ4v) is 6.62. The molecule has 0 unspecified atom stereocenters. The molecule has 1 amide bonds. The molecule has 3 atom stereocenters. The molecule has 0 bridgehead atoms. The Balaban J connectivity index is 1.57. The van der Waals surface area contributed by atoms with Gasteiger partial charge in [-0.25, -0.2) is 4.79 Å². The third-order valence-corrected chi connectivity index (χ3v) is 12.6. The molecule has 3 aromatic rings. The predicted molar refractivity (Wildman–Crippen MR) is 177 cm³/mol. The fourth-order valence-electron chi connectivity index (χ4n) is 5.53. The number of benzene rings is 1. The molecule has 1 fully saturated rings. The Morgan fingerprint density at radius 2 is 1.86 bits per heavy atom. The smallest absolute Gasteiger partial charge is 0.407 e. The molecule has 0 aliphatic carbocycles. The van der Waals surface area contributed by atoms with Gasteiger partial charge in [-0.3, -0.25) is 9.97 Å². The number of nitrogens with zero attached hydrogens (tertiary/aromatic N) is 3. The molecule has 1 aliphatic rings. The van der Waals surface area contributed by atoms with Crippen LogP contribution in [0.3, 0.4) is 0 Å². The number of nitrogens with one attached hydrogen (secondary N) is 2. The van der Waals surface area contributed by atoms with E-state index in [1.807, 2.05) is 70.5 Å². The Labute approximate surface area is 259 Å². The number of alkyl carbamates (subject to hydrolysis) is 1. The number of carbonyl (C=O) groups is 1. The van der Waals surface area contributed by atoms with E-state index in [0.717, 1.165) is 45.4 Å². The number of hydrogen-bond donors (Lipinski definition) is 3. The predicted octanol–water partition coefficient (Wildman–Crippen LogP) is 7.34. The molecule has 0 saturated carbocycles. The number of hydrogen-bond acceptors (Lipinski definition) is 7. The summed E-state index contributed by atoms with van der Waals surface area (Å²) in [4.78, 5) is 35.6. The maximum atomic E-state index is 13.0. The van der Waals surface area contributed by atoms with Crippen molar-refractivity contribution < 1.29 is 14.3 Å². The van der Waals surface area contributed by atoms with Gasteiger partial charge in [0.1, 0.15) is 5.60 Å². The van der Waals surface area contributed by atoms with Gasteiger partial charge < -0.3 is 25.1 Å². The van der Waals surface area contributed by atoms with Crippen LogP contribution in [0.25, 0.3) is 10.9 Å². The number of aromatic nitrogens is 2. The van der Waals surface area contributed by atoms with E-state index in [2.05, 4.69) is 69.4 Å². The maximum Gasteiger partial charge on any atom is 0.407 e. The third-order valence-electron chi connectivity index (χ3n) is 8.59. The number of fused-ring (bicyclic) bond motifs is 1. The minimum atomic E-state index is -2.44. The van der Waals surface area contributed by atoms with Crippen LogP contribution in [0.4, 0.5) is 16.2 Å². The van der Waals surface area contributed by atoms with Crippen LogP contribution in [0.2, 0.25) is 18.1 Å². The second-order valence-electron chi connectivity index (χ2n) is 13.8. The summed E-state index contributed by atoms with van der Waals surface area (Å²) in [5.41, 5.74) is 3.24. The standard InChI is InChI=1S/C32H46BrN5O3Si/c1-21-19-38(20-28(37-30(39)41-31(2,3)4)25(21)16-32(5,6)42(7,8)40)29-13-14-34-18-27(29)35-17-24-12-10-22-9-11-23(33)15-26(22)36-24/h9-15,18,21,25,28,35,40H,16-17,19-20H2,1-8H3,(H,37,39)/t21-,25+,28+/m0/s1. The molecule has 1 aromatic carbocycles. The molecule has 1 aliphatic heterocycles. The summed E-state index contributed by atoms with van der Waals surface area (Å²) in [5, 5.41) is 7.65. The van der Waals surface area contributed by atoms with Crippen LogP contribution < -0.4 is 15.5 Å². The molecule has 0 spiro atoms. The quantitative estimate of drug-likeness (QED) is 0.218. The number of piperidine rings is 1. The number of amides is 1. The Kier molecular flexibility index (Phi) is 9.59. The van der Waals surface area contributed by atoms with E-state index in [-0.39, 0.29) is 22.9 Å². The zero-order valence-electron chi connectivity index (χ0n) is 26.2. The Morgan fingerprint density at radius 1 is 1.14 bits per heavy atom. The van der Waals surface area contributed by atoms with Gasteiger partial charge in [0, 0.05) is 29.1 Å². The summed E-state index contributed by atoms with van der Waals surface area (Å²) >= 11 is 3.54. The number of carbonyl (C=O) groups excluding carboxylic acids is 1. The highest BCUT2D eigenvalue weighted by Crippen LogP contribution is 2.46. The van der Waals surface area contributed by atoms with Crippen molar-refractivity contribution in [3.8, 4) is 0 Å². The molecular formula is C32H46BrN5O3Si. The van der Waals surface area contributed by atoms with E-state index in [1.54, 1.807) is 0 Å². The zero-order valence-corrected chi connectivity index (χ0v) is 28.7. The lowest BCUT2D eigenvalue weighted by Gasteiger charge is -2.48. The fraction of sp³-hybridized carbons (Fsp3) is 0.531. The highest BCUT2D eigenvalue weighted by Gasteiger charge is 2.45. The lowest BCUT2D eigenvalue weighted by atomic mass is 9.77. The Bertz CT molecular complexity index is 1400. The first kappa shape index (κ1) is 32.2. The van der Waals surface area contributed by atoms with Crippen molar-refractivity contribution >= 4 is 52.6 Å². The van der Waals surface area contributed by atoms with Crippen LogP contribution in [0.15, 0.2) is 53.3 Å². The van der Waals surface area contributed by atoms with Crippen molar-refractivity contribution in [3.05, 3.63) is 59.0 Å². The van der Waals surface area contributed by atoms with E-state index in [1.165, 1.54) is 0 Å². The monoisotopic (exact) mass is 655 g/mol. The van der Waals surface area contributed by atoms with Crippen LogP contribution in [0.1, 0.15) is 53.7 Å². The van der Waals surface area contributed by atoms with Crippen molar-refractivity contribution in [1.82, 2.24) is 15.3 Å². The molecule has 0 radical (unpaired) electrons. The van der Waals surface area contributed by atoms with Crippen LogP contribution in [-0.4, -0.2) is 53.9 Å². The van der Waals surface area contributed by atoms with Crippen molar-refractivity contribution in [1.29, 1.82) is 0 Å². The topological polar surface area (TPSA) is 99.6 Å². The maximum absolute atomic E-state index is 13.0. The largest absolute Gasteiger partial charge is 0.444 e. The molecule has 8 nitrogen and oxygen atoms in total. The molecule has 3 heterocycles. The minimum Gasteiger partial charge on any atom is -0.444 e. The van der Waals surface area contributed by atoms with Crippen molar-refractivity contribution in [2.24, 2.45) is 11.8 Å². The SMILES string of the molecule is C[C@H]1CN(c2ccncc2NCc2ccc3ccc(Br)cc3n2)C[C@@H](NC(=O)OC(C)(C)C)[C@@H]1CC(C)(C)[Si](C)(C)O. The van der Waals surface area contributed by atoms with Gasteiger partial charge in [-0.1, -0.05) is 48.8 Å². The number of anilines is 2. The molecule has 1 saturated heterocycles. The molecule has 3 N–H and O–H groups in total. The number of rotatable bonds is 8. The molecule has 42 heavy (non-hydrogen) atoms. The van der Waals surface area contributed by atoms with Crippen LogP contribution >= 0.6 is 15.9 Å². The van der Waals surface area contributed by atoms with Crippen molar-refractivity contribution in [3.63, 3.8) is 0 Å². The van der Waals surface area contributed by atoms with E-state index < -0.39 is 20.0 Å². The third kappa shape index (κ3) is 8.02.